The minimum absolute atomic E-state index is 0.118. The van der Waals surface area contributed by atoms with Crippen LogP contribution in [0.2, 0.25) is 0 Å². The number of carbonyl (C=O) groups is 1. The molecule has 18 heavy (non-hydrogen) atoms. The van der Waals surface area contributed by atoms with Crippen LogP contribution in [0.1, 0.15) is 6.92 Å². The maximum Gasteiger partial charge on any atom is 0.258 e. The lowest BCUT2D eigenvalue weighted by Crippen LogP contribution is -2.43. The standard InChI is InChI=1S/C12H16N2O3S/c1-8(12(13)18)14-11(15)7-17-10-6-4-3-5-9(10)16-2/h3-6,8H,7H2,1-2H3,(H2,13,18)(H,14,15). The van der Waals surface area contributed by atoms with Crippen LogP contribution < -0.4 is 20.5 Å². The fourth-order valence-electron chi connectivity index (χ4n) is 1.24. The molecule has 3 N–H and O–H groups in total. The third kappa shape index (κ3) is 4.21. The number of methoxy groups -OCH3 is 1. The summed E-state index contributed by atoms with van der Waals surface area (Å²) in [5.41, 5.74) is 5.39. The molecule has 1 rings (SSSR count). The Bertz CT molecular complexity index is 437. The number of benzene rings is 1. The van der Waals surface area contributed by atoms with Gasteiger partial charge in [-0.3, -0.25) is 4.79 Å². The molecule has 1 aromatic rings. The highest BCUT2D eigenvalue weighted by Crippen LogP contribution is 2.25. The number of ether oxygens (including phenoxy) is 2. The number of hydrogen-bond donors (Lipinski definition) is 2. The smallest absolute Gasteiger partial charge is 0.258 e. The highest BCUT2D eigenvalue weighted by Gasteiger charge is 2.11. The van der Waals surface area contributed by atoms with Gasteiger partial charge in [-0.1, -0.05) is 24.4 Å². The maximum absolute atomic E-state index is 11.5. The topological polar surface area (TPSA) is 73.6 Å². The van der Waals surface area contributed by atoms with Gasteiger partial charge in [-0.05, 0) is 19.1 Å². The van der Waals surface area contributed by atoms with Gasteiger partial charge in [0.25, 0.3) is 5.91 Å². The first-order chi connectivity index (χ1) is 8.54. The molecule has 0 aliphatic heterocycles. The van der Waals surface area contributed by atoms with Gasteiger partial charge >= 0.3 is 0 Å². The lowest BCUT2D eigenvalue weighted by Gasteiger charge is -2.13. The van der Waals surface area contributed by atoms with Gasteiger partial charge in [0.05, 0.1) is 18.1 Å². The van der Waals surface area contributed by atoms with Crippen molar-refractivity contribution in [2.24, 2.45) is 5.73 Å². The molecule has 98 valence electrons. The molecule has 5 nitrogen and oxygen atoms in total. The Kier molecular flexibility index (Phi) is 5.38. The maximum atomic E-state index is 11.5. The van der Waals surface area contributed by atoms with Gasteiger partial charge in [-0.2, -0.15) is 0 Å². The van der Waals surface area contributed by atoms with Gasteiger partial charge in [-0.25, -0.2) is 0 Å². The Morgan fingerprint density at radius 2 is 2.06 bits per heavy atom. The monoisotopic (exact) mass is 268 g/mol. The van der Waals surface area contributed by atoms with Crippen molar-refractivity contribution >= 4 is 23.1 Å². The number of para-hydroxylation sites is 2. The second-order valence-electron chi connectivity index (χ2n) is 3.63. The number of rotatable bonds is 6. The zero-order valence-electron chi connectivity index (χ0n) is 10.3. The molecule has 6 heteroatoms. The van der Waals surface area contributed by atoms with E-state index in [9.17, 15) is 4.79 Å². The first kappa shape index (κ1) is 14.2. The lowest BCUT2D eigenvalue weighted by molar-refractivity contribution is -0.123. The highest BCUT2D eigenvalue weighted by molar-refractivity contribution is 7.80. The van der Waals surface area contributed by atoms with E-state index in [0.29, 0.717) is 11.5 Å². The predicted octanol–water partition coefficient (Wildman–Crippen LogP) is 0.865. The van der Waals surface area contributed by atoms with E-state index < -0.39 is 0 Å². The van der Waals surface area contributed by atoms with Crippen LogP contribution in [0, 0.1) is 0 Å². The van der Waals surface area contributed by atoms with E-state index >= 15 is 0 Å². The molecule has 0 aliphatic carbocycles. The molecule has 0 spiro atoms. The Hall–Kier alpha value is -1.82. The van der Waals surface area contributed by atoms with Crippen LogP contribution in [0.25, 0.3) is 0 Å². The Morgan fingerprint density at radius 1 is 1.44 bits per heavy atom. The van der Waals surface area contributed by atoms with Crippen molar-refractivity contribution in [2.45, 2.75) is 13.0 Å². The van der Waals surface area contributed by atoms with Crippen molar-refractivity contribution in [3.8, 4) is 11.5 Å². The van der Waals surface area contributed by atoms with Crippen molar-refractivity contribution in [1.29, 1.82) is 0 Å². The molecule has 0 bridgehead atoms. The van der Waals surface area contributed by atoms with Crippen molar-refractivity contribution in [3.63, 3.8) is 0 Å². The van der Waals surface area contributed by atoms with Crippen LogP contribution in [0.5, 0.6) is 11.5 Å². The SMILES string of the molecule is COc1ccccc1OCC(=O)NC(C)C(N)=S. The first-order valence-electron chi connectivity index (χ1n) is 5.39. The van der Waals surface area contributed by atoms with E-state index in [1.807, 2.05) is 6.07 Å². The summed E-state index contributed by atoms with van der Waals surface area (Å²) in [5, 5.41) is 2.62. The van der Waals surface area contributed by atoms with Gasteiger partial charge in [-0.15, -0.1) is 0 Å². The summed E-state index contributed by atoms with van der Waals surface area (Å²) in [4.78, 5) is 11.8. The van der Waals surface area contributed by atoms with Gasteiger partial charge < -0.3 is 20.5 Å². The van der Waals surface area contributed by atoms with Crippen LogP contribution in [0.4, 0.5) is 0 Å². The van der Waals surface area contributed by atoms with E-state index in [4.69, 9.17) is 27.4 Å². The van der Waals surface area contributed by atoms with E-state index in [0.717, 1.165) is 0 Å². The summed E-state index contributed by atoms with van der Waals surface area (Å²) in [7, 11) is 1.54. The summed E-state index contributed by atoms with van der Waals surface area (Å²) >= 11 is 4.76. The summed E-state index contributed by atoms with van der Waals surface area (Å²) in [6, 6.07) is 6.75. The summed E-state index contributed by atoms with van der Waals surface area (Å²) in [6.07, 6.45) is 0. The average Bonchev–Trinajstić information content (AvgIpc) is 2.36. The van der Waals surface area contributed by atoms with Crippen molar-refractivity contribution in [3.05, 3.63) is 24.3 Å². The quantitative estimate of drug-likeness (QED) is 0.749. The predicted molar refractivity (Wildman–Crippen MR) is 72.9 cm³/mol. The molecule has 0 fully saturated rings. The van der Waals surface area contributed by atoms with E-state index in [1.165, 1.54) is 7.11 Å². The Labute approximate surface area is 111 Å². The molecule has 0 aliphatic rings. The van der Waals surface area contributed by atoms with Gasteiger partial charge in [0.2, 0.25) is 0 Å². The minimum Gasteiger partial charge on any atom is -0.493 e. The zero-order valence-corrected chi connectivity index (χ0v) is 11.1. The number of nitrogens with two attached hydrogens (primary N) is 1. The Balaban J connectivity index is 2.50. The van der Waals surface area contributed by atoms with Crippen molar-refractivity contribution < 1.29 is 14.3 Å². The molecule has 0 aromatic heterocycles. The fraction of sp³-hybridized carbons (Fsp3) is 0.333. The number of amides is 1. The number of nitrogens with one attached hydrogen (secondary N) is 1. The van der Waals surface area contributed by atoms with E-state index in [-0.39, 0.29) is 23.5 Å². The normalized spacial score (nSPS) is 11.4. The molecule has 0 saturated carbocycles. The molecule has 1 unspecified atom stereocenters. The number of thiocarbonyl (C=S) groups is 1. The zero-order chi connectivity index (χ0) is 13.5. The first-order valence-corrected chi connectivity index (χ1v) is 5.80. The molecular weight excluding hydrogens is 252 g/mol. The minimum atomic E-state index is -0.353. The summed E-state index contributed by atoms with van der Waals surface area (Å²) in [6.45, 7) is 1.59. The number of carbonyl (C=O) groups excluding carboxylic acids is 1. The third-order valence-electron chi connectivity index (χ3n) is 2.23. The van der Waals surface area contributed by atoms with Crippen molar-refractivity contribution in [2.75, 3.05) is 13.7 Å². The molecule has 0 saturated heterocycles. The highest BCUT2D eigenvalue weighted by atomic mass is 32.1. The molecular formula is C12H16N2O3S. The lowest BCUT2D eigenvalue weighted by atomic mass is 10.3. The van der Waals surface area contributed by atoms with Gasteiger partial charge in [0.15, 0.2) is 18.1 Å². The average molecular weight is 268 g/mol. The molecule has 1 aromatic carbocycles. The summed E-state index contributed by atoms with van der Waals surface area (Å²) in [5.74, 6) is 0.798. The third-order valence-corrected chi connectivity index (χ3v) is 2.59. The van der Waals surface area contributed by atoms with Crippen LogP contribution in [0.15, 0.2) is 24.3 Å². The number of hydrogen-bond acceptors (Lipinski definition) is 4. The summed E-state index contributed by atoms with van der Waals surface area (Å²) < 4.78 is 10.4. The van der Waals surface area contributed by atoms with Crippen molar-refractivity contribution in [1.82, 2.24) is 5.32 Å². The molecule has 0 radical (unpaired) electrons. The second kappa shape index (κ2) is 6.80. The van der Waals surface area contributed by atoms with E-state index in [1.54, 1.807) is 25.1 Å². The van der Waals surface area contributed by atoms with E-state index in [2.05, 4.69) is 5.32 Å². The molecule has 1 atom stereocenters. The fourth-order valence-corrected chi connectivity index (χ4v) is 1.29. The van der Waals surface area contributed by atoms with Crippen LogP contribution in [-0.2, 0) is 4.79 Å². The van der Waals surface area contributed by atoms with Crippen LogP contribution >= 0.6 is 12.2 Å². The van der Waals surface area contributed by atoms with Gasteiger partial charge in [0.1, 0.15) is 0 Å². The molecule has 0 heterocycles. The second-order valence-corrected chi connectivity index (χ2v) is 4.10. The van der Waals surface area contributed by atoms with Crippen LogP contribution in [-0.4, -0.2) is 30.7 Å². The molecule has 1 amide bonds. The van der Waals surface area contributed by atoms with Gasteiger partial charge in [0, 0.05) is 0 Å². The Morgan fingerprint density at radius 3 is 2.61 bits per heavy atom. The largest absolute Gasteiger partial charge is 0.493 e. The van der Waals surface area contributed by atoms with Crippen LogP contribution in [0.3, 0.4) is 0 Å².